The molecule has 2 aromatic rings. The second-order valence-corrected chi connectivity index (χ2v) is 5.91. The topological polar surface area (TPSA) is 103 Å². The zero-order valence-corrected chi connectivity index (χ0v) is 14.4. The van der Waals surface area contributed by atoms with Gasteiger partial charge in [0, 0.05) is 18.7 Å². The smallest absolute Gasteiger partial charge is 0.322 e. The second-order valence-electron chi connectivity index (χ2n) is 5.91. The van der Waals surface area contributed by atoms with Crippen molar-refractivity contribution in [3.63, 3.8) is 0 Å². The number of carbonyl (C=O) groups excluding carboxylic acids is 1. The van der Waals surface area contributed by atoms with E-state index in [0.29, 0.717) is 43.1 Å². The first-order valence-corrected chi connectivity index (χ1v) is 8.07. The number of pyridine rings is 1. The van der Waals surface area contributed by atoms with Gasteiger partial charge in [0.15, 0.2) is 0 Å². The largest absolute Gasteiger partial charge is 0.480 e. The van der Waals surface area contributed by atoms with Gasteiger partial charge >= 0.3 is 6.03 Å². The summed E-state index contributed by atoms with van der Waals surface area (Å²) in [6.07, 6.45) is 1.60. The summed E-state index contributed by atoms with van der Waals surface area (Å²) in [5.41, 5.74) is 0.494. The maximum atomic E-state index is 12.7. The first-order chi connectivity index (χ1) is 12.1. The fourth-order valence-electron chi connectivity index (χ4n) is 2.50. The van der Waals surface area contributed by atoms with Crippen molar-refractivity contribution in [1.29, 1.82) is 0 Å². The van der Waals surface area contributed by atoms with Crippen LogP contribution in [0.4, 0.5) is 10.5 Å². The highest BCUT2D eigenvalue weighted by molar-refractivity contribution is 5.90. The Hall–Kier alpha value is -2.68. The Morgan fingerprint density at radius 2 is 2.28 bits per heavy atom. The number of nitrogens with zero attached hydrogens (tertiary/aromatic N) is 4. The molecule has 1 fully saturated rings. The number of anilines is 1. The van der Waals surface area contributed by atoms with Crippen molar-refractivity contribution >= 4 is 11.7 Å². The Morgan fingerprint density at radius 1 is 1.44 bits per heavy atom. The summed E-state index contributed by atoms with van der Waals surface area (Å²) in [7, 11) is 1.50. The standard InChI is InChI=1S/C16H21N5O4/c1-10(2)13-19-20-15(25-13)12-9-24-8-7-21(12)16(22)18-11-5-4-6-17-14(11)23-3/h4-6,10,12H,7-9H2,1-3H3,(H,18,22)/t12-/m0/s1. The summed E-state index contributed by atoms with van der Waals surface area (Å²) in [4.78, 5) is 18.4. The number of carbonyl (C=O) groups is 1. The Morgan fingerprint density at radius 3 is 3.00 bits per heavy atom. The molecule has 0 saturated carbocycles. The van der Waals surface area contributed by atoms with E-state index in [9.17, 15) is 4.79 Å². The van der Waals surface area contributed by atoms with E-state index in [1.165, 1.54) is 7.11 Å². The molecule has 0 aliphatic carbocycles. The van der Waals surface area contributed by atoms with E-state index in [0.717, 1.165) is 0 Å². The van der Waals surface area contributed by atoms with E-state index < -0.39 is 6.04 Å². The number of methoxy groups -OCH3 is 1. The number of hydrogen-bond donors (Lipinski definition) is 1. The van der Waals surface area contributed by atoms with Crippen LogP contribution in [0.1, 0.15) is 37.6 Å². The van der Waals surface area contributed by atoms with Gasteiger partial charge in [-0.1, -0.05) is 13.8 Å². The van der Waals surface area contributed by atoms with Crippen molar-refractivity contribution in [2.24, 2.45) is 0 Å². The first kappa shape index (κ1) is 17.2. The number of hydrogen-bond acceptors (Lipinski definition) is 7. The molecule has 3 rings (SSSR count). The summed E-state index contributed by atoms with van der Waals surface area (Å²) in [6, 6.07) is 2.71. The van der Waals surface area contributed by atoms with E-state index in [1.807, 2.05) is 13.8 Å². The van der Waals surface area contributed by atoms with Gasteiger partial charge in [0.25, 0.3) is 0 Å². The van der Waals surface area contributed by atoms with Gasteiger partial charge in [-0.3, -0.25) is 0 Å². The predicted octanol–water partition coefficient (Wildman–Crippen LogP) is 2.20. The van der Waals surface area contributed by atoms with Crippen LogP contribution in [-0.2, 0) is 4.74 Å². The molecule has 1 N–H and O–H groups in total. The quantitative estimate of drug-likeness (QED) is 0.904. The Kier molecular flexibility index (Phi) is 5.13. The average molecular weight is 347 g/mol. The molecule has 0 aromatic carbocycles. The summed E-state index contributed by atoms with van der Waals surface area (Å²) < 4.78 is 16.4. The summed E-state index contributed by atoms with van der Waals surface area (Å²) >= 11 is 0. The maximum absolute atomic E-state index is 12.7. The number of urea groups is 1. The van der Waals surface area contributed by atoms with E-state index in [1.54, 1.807) is 23.2 Å². The molecular formula is C16H21N5O4. The molecule has 0 unspecified atom stereocenters. The molecule has 2 amide bonds. The number of aromatic nitrogens is 3. The van der Waals surface area contributed by atoms with Crippen molar-refractivity contribution in [2.75, 3.05) is 32.2 Å². The van der Waals surface area contributed by atoms with E-state index in [-0.39, 0.29) is 11.9 Å². The minimum Gasteiger partial charge on any atom is -0.480 e. The van der Waals surface area contributed by atoms with Gasteiger partial charge in [0.05, 0.1) is 20.3 Å². The molecule has 9 heteroatoms. The molecule has 1 aliphatic rings. The van der Waals surface area contributed by atoms with Crippen LogP contribution in [0.5, 0.6) is 5.88 Å². The molecule has 134 valence electrons. The molecule has 3 heterocycles. The van der Waals surface area contributed by atoms with Crippen LogP contribution in [0.3, 0.4) is 0 Å². The van der Waals surface area contributed by atoms with Crippen LogP contribution in [0.25, 0.3) is 0 Å². The molecule has 1 atom stereocenters. The lowest BCUT2D eigenvalue weighted by molar-refractivity contribution is 0.00493. The fourth-order valence-corrected chi connectivity index (χ4v) is 2.50. The third-order valence-electron chi connectivity index (χ3n) is 3.83. The number of amides is 2. The zero-order chi connectivity index (χ0) is 17.8. The lowest BCUT2D eigenvalue weighted by Gasteiger charge is -2.33. The highest BCUT2D eigenvalue weighted by atomic mass is 16.5. The number of morpholine rings is 1. The van der Waals surface area contributed by atoms with Crippen LogP contribution < -0.4 is 10.1 Å². The Bertz CT molecular complexity index is 733. The second kappa shape index (κ2) is 7.47. The Labute approximate surface area is 145 Å². The molecular weight excluding hydrogens is 326 g/mol. The van der Waals surface area contributed by atoms with Crippen molar-refractivity contribution in [3.8, 4) is 5.88 Å². The van der Waals surface area contributed by atoms with Gasteiger partial charge in [-0.05, 0) is 12.1 Å². The van der Waals surface area contributed by atoms with Gasteiger partial charge in [-0.15, -0.1) is 10.2 Å². The van der Waals surface area contributed by atoms with Crippen molar-refractivity contribution in [1.82, 2.24) is 20.1 Å². The summed E-state index contributed by atoms with van der Waals surface area (Å²) in [5.74, 6) is 1.37. The molecule has 0 radical (unpaired) electrons. The summed E-state index contributed by atoms with van der Waals surface area (Å²) in [5, 5.41) is 10.9. The Balaban J connectivity index is 1.79. The minimum absolute atomic E-state index is 0.118. The highest BCUT2D eigenvalue weighted by Crippen LogP contribution is 2.27. The fraction of sp³-hybridized carbons (Fsp3) is 0.500. The molecule has 1 saturated heterocycles. The molecule has 1 aliphatic heterocycles. The molecule has 2 aromatic heterocycles. The van der Waals surface area contributed by atoms with Crippen LogP contribution in [0.2, 0.25) is 0 Å². The summed E-state index contributed by atoms with van der Waals surface area (Å²) in [6.45, 7) is 5.09. The SMILES string of the molecule is COc1ncccc1NC(=O)N1CCOC[C@H]1c1nnc(C(C)C)o1. The van der Waals surface area contributed by atoms with Crippen molar-refractivity contribution in [3.05, 3.63) is 30.1 Å². The van der Waals surface area contributed by atoms with Gasteiger partial charge in [-0.2, -0.15) is 0 Å². The minimum atomic E-state index is -0.434. The zero-order valence-electron chi connectivity index (χ0n) is 14.4. The van der Waals surface area contributed by atoms with E-state index in [4.69, 9.17) is 13.9 Å². The molecule has 0 spiro atoms. The lowest BCUT2D eigenvalue weighted by atomic mass is 10.2. The average Bonchev–Trinajstić information content (AvgIpc) is 3.12. The maximum Gasteiger partial charge on any atom is 0.322 e. The van der Waals surface area contributed by atoms with Crippen LogP contribution in [0.15, 0.2) is 22.7 Å². The van der Waals surface area contributed by atoms with Crippen molar-refractivity contribution < 1.29 is 18.7 Å². The third kappa shape index (κ3) is 3.71. The van der Waals surface area contributed by atoms with Gasteiger partial charge < -0.3 is 24.1 Å². The molecule has 0 bridgehead atoms. The monoisotopic (exact) mass is 347 g/mol. The first-order valence-electron chi connectivity index (χ1n) is 8.07. The normalized spacial score (nSPS) is 17.6. The highest BCUT2D eigenvalue weighted by Gasteiger charge is 2.33. The lowest BCUT2D eigenvalue weighted by Crippen LogP contribution is -2.45. The van der Waals surface area contributed by atoms with E-state index in [2.05, 4.69) is 20.5 Å². The van der Waals surface area contributed by atoms with Crippen LogP contribution in [-0.4, -0.2) is 53.0 Å². The number of rotatable bonds is 4. The molecule has 9 nitrogen and oxygen atoms in total. The van der Waals surface area contributed by atoms with Crippen LogP contribution in [0, 0.1) is 0 Å². The van der Waals surface area contributed by atoms with Crippen LogP contribution >= 0.6 is 0 Å². The predicted molar refractivity (Wildman–Crippen MR) is 88.5 cm³/mol. The number of ether oxygens (including phenoxy) is 2. The third-order valence-corrected chi connectivity index (χ3v) is 3.83. The van der Waals surface area contributed by atoms with Gasteiger partial charge in [0.1, 0.15) is 11.7 Å². The van der Waals surface area contributed by atoms with Gasteiger partial charge in [0.2, 0.25) is 17.7 Å². The molecule has 25 heavy (non-hydrogen) atoms. The number of nitrogens with one attached hydrogen (secondary N) is 1. The van der Waals surface area contributed by atoms with E-state index >= 15 is 0 Å². The van der Waals surface area contributed by atoms with Gasteiger partial charge in [-0.25, -0.2) is 9.78 Å². The van der Waals surface area contributed by atoms with Crippen molar-refractivity contribution in [2.45, 2.75) is 25.8 Å².